The number of anilines is 1. The summed E-state index contributed by atoms with van der Waals surface area (Å²) < 4.78 is 1.54. The van der Waals surface area contributed by atoms with Gasteiger partial charge in [-0.05, 0) is 31.9 Å². The molecule has 2 aromatic rings. The minimum atomic E-state index is -1.02. The summed E-state index contributed by atoms with van der Waals surface area (Å²) in [5.41, 5.74) is 0.727. The van der Waals surface area contributed by atoms with Crippen molar-refractivity contribution < 1.29 is 15.0 Å². The summed E-state index contributed by atoms with van der Waals surface area (Å²) in [7, 11) is 0. The number of hydrogen-bond donors (Lipinski definition) is 3. The number of aromatic carboxylic acids is 1. The zero-order valence-corrected chi connectivity index (χ0v) is 10.7. The fourth-order valence-electron chi connectivity index (χ4n) is 1.93. The first-order valence-corrected chi connectivity index (χ1v) is 6.22. The van der Waals surface area contributed by atoms with Crippen molar-refractivity contribution in [1.82, 2.24) is 9.38 Å². The maximum Gasteiger partial charge on any atom is 0.356 e. The van der Waals surface area contributed by atoms with Crippen molar-refractivity contribution >= 4 is 17.4 Å². The summed E-state index contributed by atoms with van der Waals surface area (Å²) >= 11 is 0. The van der Waals surface area contributed by atoms with Crippen LogP contribution in [-0.4, -0.2) is 38.2 Å². The largest absolute Gasteiger partial charge is 0.476 e. The molecule has 1 unspecified atom stereocenters. The lowest BCUT2D eigenvalue weighted by Crippen LogP contribution is -2.10. The molecule has 102 valence electrons. The standard InChI is InChI=1S/C13H17N3O3/c1-9(17)5-4-7-14-12-11(13(18)19)16-8-3-2-6-10(16)15-12/h2-3,6,8-9,14,17H,4-5,7H2,1H3,(H,18,19). The molecule has 0 saturated heterocycles. The van der Waals surface area contributed by atoms with Gasteiger partial charge in [-0.3, -0.25) is 4.40 Å². The zero-order chi connectivity index (χ0) is 13.8. The van der Waals surface area contributed by atoms with E-state index in [9.17, 15) is 9.90 Å². The number of aliphatic hydroxyl groups excluding tert-OH is 1. The van der Waals surface area contributed by atoms with Gasteiger partial charge in [0.1, 0.15) is 5.65 Å². The molecule has 3 N–H and O–H groups in total. The van der Waals surface area contributed by atoms with Crippen LogP contribution in [0.25, 0.3) is 5.65 Å². The Balaban J connectivity index is 2.17. The number of nitrogens with one attached hydrogen (secondary N) is 1. The number of hydrogen-bond acceptors (Lipinski definition) is 4. The maximum absolute atomic E-state index is 11.3. The number of imidazole rings is 1. The van der Waals surface area contributed by atoms with E-state index in [-0.39, 0.29) is 11.8 Å². The van der Waals surface area contributed by atoms with Gasteiger partial charge in [0.05, 0.1) is 6.10 Å². The third-order valence-corrected chi connectivity index (χ3v) is 2.82. The van der Waals surface area contributed by atoms with Crippen LogP contribution >= 0.6 is 0 Å². The van der Waals surface area contributed by atoms with Crippen LogP contribution in [0.15, 0.2) is 24.4 Å². The number of fused-ring (bicyclic) bond motifs is 1. The average molecular weight is 263 g/mol. The Morgan fingerprint density at radius 2 is 2.32 bits per heavy atom. The van der Waals surface area contributed by atoms with E-state index in [4.69, 9.17) is 5.11 Å². The molecule has 6 nitrogen and oxygen atoms in total. The topological polar surface area (TPSA) is 86.9 Å². The fraction of sp³-hybridized carbons (Fsp3) is 0.385. The van der Waals surface area contributed by atoms with Gasteiger partial charge >= 0.3 is 5.97 Å². The summed E-state index contributed by atoms with van der Waals surface area (Å²) in [6.07, 6.45) is 2.75. The smallest absolute Gasteiger partial charge is 0.356 e. The number of nitrogens with zero attached hydrogens (tertiary/aromatic N) is 2. The molecule has 0 fully saturated rings. The Morgan fingerprint density at radius 1 is 1.53 bits per heavy atom. The summed E-state index contributed by atoms with van der Waals surface area (Å²) in [5, 5.41) is 21.4. The van der Waals surface area contributed by atoms with Gasteiger partial charge < -0.3 is 15.5 Å². The first-order chi connectivity index (χ1) is 9.09. The van der Waals surface area contributed by atoms with Crippen molar-refractivity contribution in [2.45, 2.75) is 25.9 Å². The fourth-order valence-corrected chi connectivity index (χ4v) is 1.93. The van der Waals surface area contributed by atoms with E-state index in [0.717, 1.165) is 6.42 Å². The Labute approximate surface area is 110 Å². The molecule has 2 heterocycles. The van der Waals surface area contributed by atoms with Crippen LogP contribution in [0.4, 0.5) is 5.82 Å². The molecule has 0 aliphatic rings. The lowest BCUT2D eigenvalue weighted by molar-refractivity contribution is 0.0690. The Bertz CT molecular complexity index is 578. The lowest BCUT2D eigenvalue weighted by atomic mass is 10.2. The first kappa shape index (κ1) is 13.4. The van der Waals surface area contributed by atoms with Crippen molar-refractivity contribution in [2.75, 3.05) is 11.9 Å². The second kappa shape index (κ2) is 5.71. The molecule has 0 radical (unpaired) electrons. The summed E-state index contributed by atoms with van der Waals surface area (Å²) in [4.78, 5) is 15.6. The van der Waals surface area contributed by atoms with Crippen molar-refractivity contribution in [3.63, 3.8) is 0 Å². The molecule has 6 heteroatoms. The average Bonchev–Trinajstić information content (AvgIpc) is 2.72. The van der Waals surface area contributed by atoms with E-state index in [1.807, 2.05) is 6.07 Å². The second-order valence-electron chi connectivity index (χ2n) is 4.46. The summed E-state index contributed by atoms with van der Waals surface area (Å²) in [6, 6.07) is 5.33. The van der Waals surface area contributed by atoms with Crippen LogP contribution < -0.4 is 5.32 Å². The zero-order valence-electron chi connectivity index (χ0n) is 10.7. The monoisotopic (exact) mass is 263 g/mol. The number of carboxylic acid groups (broad SMARTS) is 1. The maximum atomic E-state index is 11.3. The number of carboxylic acids is 1. The highest BCUT2D eigenvalue weighted by Crippen LogP contribution is 2.17. The number of aromatic nitrogens is 2. The van der Waals surface area contributed by atoms with E-state index < -0.39 is 5.97 Å². The second-order valence-corrected chi connectivity index (χ2v) is 4.46. The highest BCUT2D eigenvalue weighted by Gasteiger charge is 2.17. The van der Waals surface area contributed by atoms with E-state index in [2.05, 4.69) is 10.3 Å². The minimum absolute atomic E-state index is 0.132. The molecule has 0 aromatic carbocycles. The molecule has 19 heavy (non-hydrogen) atoms. The number of rotatable bonds is 6. The SMILES string of the molecule is CC(O)CCCNc1nc2ccccn2c1C(=O)O. The van der Waals surface area contributed by atoms with E-state index in [1.165, 1.54) is 0 Å². The third kappa shape index (κ3) is 3.03. The van der Waals surface area contributed by atoms with E-state index in [0.29, 0.717) is 24.4 Å². The Hall–Kier alpha value is -2.08. The highest BCUT2D eigenvalue weighted by atomic mass is 16.4. The molecule has 2 aromatic heterocycles. The van der Waals surface area contributed by atoms with Crippen LogP contribution in [-0.2, 0) is 0 Å². The van der Waals surface area contributed by atoms with Gasteiger partial charge in [-0.2, -0.15) is 0 Å². The lowest BCUT2D eigenvalue weighted by Gasteiger charge is -2.06. The molecule has 0 amide bonds. The quantitative estimate of drug-likeness (QED) is 0.689. The van der Waals surface area contributed by atoms with Crippen molar-refractivity contribution in [3.05, 3.63) is 30.1 Å². The molecule has 0 aliphatic heterocycles. The van der Waals surface area contributed by atoms with Crippen molar-refractivity contribution in [1.29, 1.82) is 0 Å². The van der Waals surface area contributed by atoms with Crippen LogP contribution in [0.3, 0.4) is 0 Å². The summed E-state index contributed by atoms with van der Waals surface area (Å²) in [5.74, 6) is -0.652. The van der Waals surface area contributed by atoms with Gasteiger partial charge in [0, 0.05) is 12.7 Å². The molecule has 0 spiro atoms. The molecule has 2 rings (SSSR count). The van der Waals surface area contributed by atoms with Crippen LogP contribution in [0.1, 0.15) is 30.3 Å². The van der Waals surface area contributed by atoms with Crippen LogP contribution in [0.2, 0.25) is 0 Å². The van der Waals surface area contributed by atoms with Gasteiger partial charge in [0.2, 0.25) is 0 Å². The van der Waals surface area contributed by atoms with Gasteiger partial charge in [-0.25, -0.2) is 9.78 Å². The molecular formula is C13H17N3O3. The Morgan fingerprint density at radius 3 is 3.00 bits per heavy atom. The minimum Gasteiger partial charge on any atom is -0.476 e. The predicted octanol–water partition coefficient (Wildman–Crippen LogP) is 1.61. The molecule has 0 bridgehead atoms. The van der Waals surface area contributed by atoms with E-state index in [1.54, 1.807) is 29.7 Å². The van der Waals surface area contributed by atoms with Gasteiger partial charge in [-0.1, -0.05) is 6.07 Å². The number of carbonyl (C=O) groups is 1. The van der Waals surface area contributed by atoms with E-state index >= 15 is 0 Å². The molecule has 1 atom stereocenters. The van der Waals surface area contributed by atoms with Gasteiger partial charge in [0.25, 0.3) is 0 Å². The third-order valence-electron chi connectivity index (χ3n) is 2.82. The van der Waals surface area contributed by atoms with Gasteiger partial charge in [-0.15, -0.1) is 0 Å². The van der Waals surface area contributed by atoms with Crippen molar-refractivity contribution in [3.8, 4) is 0 Å². The first-order valence-electron chi connectivity index (χ1n) is 6.22. The number of pyridine rings is 1. The van der Waals surface area contributed by atoms with Crippen LogP contribution in [0, 0.1) is 0 Å². The van der Waals surface area contributed by atoms with Crippen molar-refractivity contribution in [2.24, 2.45) is 0 Å². The Kier molecular flexibility index (Phi) is 4.01. The normalized spacial score (nSPS) is 12.5. The highest BCUT2D eigenvalue weighted by molar-refractivity contribution is 5.92. The molecular weight excluding hydrogens is 246 g/mol. The molecule has 0 saturated carbocycles. The van der Waals surface area contributed by atoms with Gasteiger partial charge in [0.15, 0.2) is 11.5 Å². The van der Waals surface area contributed by atoms with Crippen LogP contribution in [0.5, 0.6) is 0 Å². The predicted molar refractivity (Wildman–Crippen MR) is 71.6 cm³/mol. The summed E-state index contributed by atoms with van der Waals surface area (Å²) in [6.45, 7) is 2.31. The number of aliphatic hydroxyl groups is 1. The molecule has 0 aliphatic carbocycles.